The first kappa shape index (κ1) is 19.8. The molecule has 1 aromatic rings. The number of amides is 1. The smallest absolute Gasteiger partial charge is 0.408 e. The number of carboxylic acid groups (broad SMARTS) is 1. The highest BCUT2D eigenvalue weighted by Gasteiger charge is 2.34. The predicted octanol–water partition coefficient (Wildman–Crippen LogP) is 5.33. The van der Waals surface area contributed by atoms with Gasteiger partial charge in [0, 0.05) is 10.0 Å². The molecule has 1 rings (SSSR count). The van der Waals surface area contributed by atoms with Crippen molar-refractivity contribution in [2.75, 3.05) is 6.61 Å². The topological polar surface area (TPSA) is 49.8 Å². The van der Waals surface area contributed by atoms with E-state index in [9.17, 15) is 9.90 Å². The van der Waals surface area contributed by atoms with Crippen LogP contribution in [0.5, 0.6) is 5.75 Å². The first-order chi connectivity index (χ1) is 10.5. The minimum absolute atomic E-state index is 0.185. The third-order valence-electron chi connectivity index (χ3n) is 3.61. The number of hydrogen-bond donors (Lipinski definition) is 1. The molecule has 0 aromatic heterocycles. The van der Waals surface area contributed by atoms with Crippen molar-refractivity contribution in [1.82, 2.24) is 4.90 Å². The summed E-state index contributed by atoms with van der Waals surface area (Å²) in [6.45, 7) is 12.3. The van der Waals surface area contributed by atoms with Gasteiger partial charge in [-0.15, -0.1) is 0 Å². The van der Waals surface area contributed by atoms with Crippen LogP contribution in [0.25, 0.3) is 0 Å². The lowest BCUT2D eigenvalue weighted by molar-refractivity contribution is 0.0433. The number of hydrogen-bond acceptors (Lipinski definition) is 2. The van der Waals surface area contributed by atoms with Crippen LogP contribution < -0.4 is 4.74 Å². The molecule has 5 heteroatoms. The molecule has 0 radical (unpaired) electrons. The molecule has 0 aliphatic carbocycles. The molecule has 1 amide bonds. The van der Waals surface area contributed by atoms with Crippen LogP contribution in [0.3, 0.4) is 0 Å². The molecule has 0 aliphatic heterocycles. The predicted molar refractivity (Wildman–Crippen MR) is 97.2 cm³/mol. The Morgan fingerprint density at radius 1 is 1.35 bits per heavy atom. The van der Waals surface area contributed by atoms with Gasteiger partial charge in [-0.25, -0.2) is 4.79 Å². The fourth-order valence-electron chi connectivity index (χ4n) is 2.74. The van der Waals surface area contributed by atoms with E-state index < -0.39 is 11.6 Å². The average Bonchev–Trinajstić information content (AvgIpc) is 2.34. The van der Waals surface area contributed by atoms with Gasteiger partial charge in [0.05, 0.1) is 6.04 Å². The molecule has 0 saturated heterocycles. The molecule has 4 nitrogen and oxygen atoms in total. The van der Waals surface area contributed by atoms with E-state index >= 15 is 0 Å². The van der Waals surface area contributed by atoms with E-state index in [0.717, 1.165) is 22.2 Å². The first-order valence-electron chi connectivity index (χ1n) is 7.93. The van der Waals surface area contributed by atoms with E-state index in [-0.39, 0.29) is 6.04 Å². The van der Waals surface area contributed by atoms with Gasteiger partial charge in [-0.1, -0.05) is 29.8 Å². The highest BCUT2D eigenvalue weighted by Crippen LogP contribution is 2.26. The zero-order valence-corrected chi connectivity index (χ0v) is 16.5. The zero-order valence-electron chi connectivity index (χ0n) is 14.9. The lowest BCUT2D eigenvalue weighted by Gasteiger charge is -2.40. The van der Waals surface area contributed by atoms with Crippen LogP contribution in [0.15, 0.2) is 22.7 Å². The number of ether oxygens (including phenoxy) is 1. The molecule has 1 atom stereocenters. The Morgan fingerprint density at radius 3 is 2.39 bits per heavy atom. The van der Waals surface area contributed by atoms with E-state index in [0.29, 0.717) is 12.5 Å². The summed E-state index contributed by atoms with van der Waals surface area (Å²) in [4.78, 5) is 13.3. The van der Waals surface area contributed by atoms with Gasteiger partial charge in [0.15, 0.2) is 0 Å². The standard InChI is InChI=1S/C18H28BrNO3/c1-12(2)9-15(20(17(21)22)18(4,5)6)11-23-16-8-7-14(19)10-13(16)3/h7-8,10,12,15H,9,11H2,1-6H3,(H,21,22). The normalized spacial score (nSPS) is 13.0. The summed E-state index contributed by atoms with van der Waals surface area (Å²) in [7, 11) is 0. The summed E-state index contributed by atoms with van der Waals surface area (Å²) in [6.07, 6.45) is -0.140. The van der Waals surface area contributed by atoms with Crippen molar-refractivity contribution >= 4 is 22.0 Å². The maximum Gasteiger partial charge on any atom is 0.408 e. The maximum absolute atomic E-state index is 11.8. The first-order valence-corrected chi connectivity index (χ1v) is 8.73. The maximum atomic E-state index is 11.8. The van der Waals surface area contributed by atoms with Crippen LogP contribution in [0.1, 0.15) is 46.6 Å². The second-order valence-corrected chi connectivity index (χ2v) is 8.24. The van der Waals surface area contributed by atoms with Crippen molar-refractivity contribution in [2.45, 2.75) is 59.5 Å². The second kappa shape index (κ2) is 8.04. The van der Waals surface area contributed by atoms with Gasteiger partial charge < -0.3 is 9.84 Å². The van der Waals surface area contributed by atoms with Crippen LogP contribution in [-0.2, 0) is 0 Å². The summed E-state index contributed by atoms with van der Waals surface area (Å²) in [5.74, 6) is 1.18. The Hall–Kier alpha value is -1.23. The molecule has 0 aliphatic rings. The van der Waals surface area contributed by atoms with Crippen molar-refractivity contribution in [3.8, 4) is 5.75 Å². The molecule has 0 bridgehead atoms. The Labute approximate surface area is 148 Å². The van der Waals surface area contributed by atoms with E-state index in [1.54, 1.807) is 0 Å². The van der Waals surface area contributed by atoms with Gasteiger partial charge in [-0.2, -0.15) is 0 Å². The quantitative estimate of drug-likeness (QED) is 0.719. The van der Waals surface area contributed by atoms with Crippen molar-refractivity contribution < 1.29 is 14.6 Å². The number of aryl methyl sites for hydroxylation is 1. The molecule has 1 unspecified atom stereocenters. The minimum atomic E-state index is -0.903. The molecular formula is C18H28BrNO3. The third-order valence-corrected chi connectivity index (χ3v) is 4.10. The summed E-state index contributed by atoms with van der Waals surface area (Å²) in [5.41, 5.74) is 0.559. The van der Waals surface area contributed by atoms with Gasteiger partial charge in [0.25, 0.3) is 0 Å². The van der Waals surface area contributed by atoms with E-state index in [1.165, 1.54) is 4.90 Å². The Bertz CT molecular complexity index is 538. The van der Waals surface area contributed by atoms with Gasteiger partial charge in [0.1, 0.15) is 12.4 Å². The largest absolute Gasteiger partial charge is 0.491 e. The van der Waals surface area contributed by atoms with Crippen molar-refractivity contribution in [2.24, 2.45) is 5.92 Å². The summed E-state index contributed by atoms with van der Waals surface area (Å²) >= 11 is 3.44. The van der Waals surface area contributed by atoms with Crippen molar-refractivity contribution in [3.05, 3.63) is 28.2 Å². The number of nitrogens with zero attached hydrogens (tertiary/aromatic N) is 1. The molecular weight excluding hydrogens is 358 g/mol. The van der Waals surface area contributed by atoms with Crippen LogP contribution in [0.2, 0.25) is 0 Å². The minimum Gasteiger partial charge on any atom is -0.491 e. The molecule has 0 heterocycles. The van der Waals surface area contributed by atoms with Crippen molar-refractivity contribution in [3.63, 3.8) is 0 Å². The Balaban J connectivity index is 2.95. The molecule has 1 N–H and O–H groups in total. The number of rotatable bonds is 6. The van der Waals surface area contributed by atoms with Gasteiger partial charge in [-0.3, -0.25) is 4.90 Å². The van der Waals surface area contributed by atoms with E-state index in [1.807, 2.05) is 45.9 Å². The summed E-state index contributed by atoms with van der Waals surface area (Å²) in [5, 5.41) is 9.64. The summed E-state index contributed by atoms with van der Waals surface area (Å²) in [6, 6.07) is 5.65. The van der Waals surface area contributed by atoms with Gasteiger partial charge in [-0.05, 0) is 63.8 Å². The Morgan fingerprint density at radius 2 is 1.96 bits per heavy atom. The molecule has 1 aromatic carbocycles. The second-order valence-electron chi connectivity index (χ2n) is 7.33. The van der Waals surface area contributed by atoms with Crippen LogP contribution in [-0.4, -0.2) is 34.3 Å². The van der Waals surface area contributed by atoms with Crippen LogP contribution >= 0.6 is 15.9 Å². The molecule has 23 heavy (non-hydrogen) atoms. The highest BCUT2D eigenvalue weighted by atomic mass is 79.9. The lowest BCUT2D eigenvalue weighted by Crippen LogP contribution is -2.53. The average molecular weight is 386 g/mol. The van der Waals surface area contributed by atoms with Gasteiger partial charge in [0.2, 0.25) is 0 Å². The fourth-order valence-corrected chi connectivity index (χ4v) is 3.22. The monoisotopic (exact) mass is 385 g/mol. The number of benzene rings is 1. The van der Waals surface area contributed by atoms with Gasteiger partial charge >= 0.3 is 6.09 Å². The van der Waals surface area contributed by atoms with E-state index in [4.69, 9.17) is 4.74 Å². The highest BCUT2D eigenvalue weighted by molar-refractivity contribution is 9.10. The molecule has 0 saturated carbocycles. The van der Waals surface area contributed by atoms with Crippen molar-refractivity contribution in [1.29, 1.82) is 0 Å². The van der Waals surface area contributed by atoms with Crippen LogP contribution in [0.4, 0.5) is 4.79 Å². The SMILES string of the molecule is Cc1cc(Br)ccc1OCC(CC(C)C)N(C(=O)O)C(C)(C)C. The third kappa shape index (κ3) is 6.05. The molecule has 0 spiro atoms. The lowest BCUT2D eigenvalue weighted by atomic mass is 9.97. The molecule has 130 valence electrons. The van der Waals surface area contributed by atoms with E-state index in [2.05, 4.69) is 29.8 Å². The Kier molecular flexibility index (Phi) is 6.93. The van der Waals surface area contributed by atoms with Crippen LogP contribution in [0, 0.1) is 12.8 Å². The number of carbonyl (C=O) groups is 1. The summed E-state index contributed by atoms with van der Waals surface area (Å²) < 4.78 is 6.96. The fraction of sp³-hybridized carbons (Fsp3) is 0.611. The number of halogens is 1. The molecule has 0 fully saturated rings. The zero-order chi connectivity index (χ0) is 17.8.